The smallest absolute Gasteiger partial charge is 0.338 e. The van der Waals surface area contributed by atoms with E-state index in [9.17, 15) is 32.9 Å². The van der Waals surface area contributed by atoms with Gasteiger partial charge in [-0.15, -0.1) is 0 Å². The normalized spacial score (nSPS) is 11.6. The van der Waals surface area contributed by atoms with Crippen LogP contribution in [0.3, 0.4) is 0 Å². The third-order valence-electron chi connectivity index (χ3n) is 4.92. The summed E-state index contributed by atoms with van der Waals surface area (Å²) < 4.78 is 49.6. The van der Waals surface area contributed by atoms with E-state index in [4.69, 9.17) is 13.7 Å². The molecule has 0 heterocycles. The van der Waals surface area contributed by atoms with Crippen LogP contribution in [-0.4, -0.2) is 60.7 Å². The Morgan fingerprint density at radius 1 is 0.795 bits per heavy atom. The van der Waals surface area contributed by atoms with Crippen LogP contribution in [0.15, 0.2) is 54.6 Å². The van der Waals surface area contributed by atoms with Gasteiger partial charge in [0.25, 0.3) is 0 Å². The second kappa shape index (κ2) is 13.5. The summed E-state index contributed by atoms with van der Waals surface area (Å²) in [5.74, 6) is -4.84. The molecule has 0 fully saturated rings. The van der Waals surface area contributed by atoms with E-state index < -0.39 is 39.7 Å². The third-order valence-corrected chi connectivity index (χ3v) is 6.04. The number of hydrogen-bond donors (Lipinski definition) is 0. The molecule has 0 aliphatic rings. The Morgan fingerprint density at radius 3 is 1.72 bits per heavy atom. The van der Waals surface area contributed by atoms with Gasteiger partial charge in [-0.2, -0.15) is 13.7 Å². The van der Waals surface area contributed by atoms with E-state index in [1.807, 2.05) is 6.07 Å². The molecule has 0 radical (unpaired) electrons. The zero-order chi connectivity index (χ0) is 29.2. The summed E-state index contributed by atoms with van der Waals surface area (Å²) in [4.78, 5) is 48.9. The topological polar surface area (TPSA) is 172 Å². The van der Waals surface area contributed by atoms with E-state index in [0.717, 1.165) is 40.6 Å². The number of rotatable bonds is 10. The molecule has 0 atom stereocenters. The van der Waals surface area contributed by atoms with E-state index in [1.165, 1.54) is 42.5 Å². The van der Waals surface area contributed by atoms with Crippen molar-refractivity contribution in [3.63, 3.8) is 0 Å². The minimum Gasteiger partial charge on any atom is -0.466 e. The average Bonchev–Trinajstić information content (AvgIpc) is 2.92. The lowest BCUT2D eigenvalue weighted by Gasteiger charge is -2.14. The highest BCUT2D eigenvalue weighted by atomic mass is 32.2. The molecule has 0 unspecified atom stereocenters. The fourth-order valence-electron chi connectivity index (χ4n) is 3.18. The summed E-state index contributed by atoms with van der Waals surface area (Å²) in [6.45, 7) is 0. The quantitative estimate of drug-likeness (QED) is 0.180. The largest absolute Gasteiger partial charge is 0.466 e. The van der Waals surface area contributed by atoms with E-state index in [0.29, 0.717) is 0 Å². The van der Waals surface area contributed by atoms with Gasteiger partial charge in [0, 0.05) is 12.2 Å². The van der Waals surface area contributed by atoms with Gasteiger partial charge in [0.1, 0.15) is 11.8 Å². The first kappa shape index (κ1) is 30.3. The number of para-hydroxylation sites is 1. The van der Waals surface area contributed by atoms with Crippen LogP contribution >= 0.6 is 0 Å². The minimum atomic E-state index is -4.42. The number of methoxy groups -OCH3 is 4. The first-order valence-corrected chi connectivity index (χ1v) is 12.4. The summed E-state index contributed by atoms with van der Waals surface area (Å²) in [5.41, 5.74) is -0.875. The molecule has 0 aromatic heterocycles. The van der Waals surface area contributed by atoms with Crippen molar-refractivity contribution in [2.24, 2.45) is 0 Å². The Hall–Kier alpha value is -4.96. The van der Waals surface area contributed by atoms with Crippen LogP contribution in [-0.2, 0) is 54.0 Å². The zero-order valence-corrected chi connectivity index (χ0v) is 22.1. The molecule has 2 aromatic rings. The third kappa shape index (κ3) is 8.27. The highest BCUT2D eigenvalue weighted by Crippen LogP contribution is 2.27. The van der Waals surface area contributed by atoms with Crippen molar-refractivity contribution >= 4 is 45.1 Å². The van der Waals surface area contributed by atoms with Crippen LogP contribution in [0.1, 0.15) is 22.3 Å². The van der Waals surface area contributed by atoms with Crippen molar-refractivity contribution in [3.05, 3.63) is 76.9 Å². The van der Waals surface area contributed by atoms with Crippen molar-refractivity contribution in [2.75, 3.05) is 28.4 Å². The van der Waals surface area contributed by atoms with Gasteiger partial charge < -0.3 is 23.1 Å². The van der Waals surface area contributed by atoms with Crippen molar-refractivity contribution in [2.45, 2.75) is 5.75 Å². The van der Waals surface area contributed by atoms with Gasteiger partial charge in [0.05, 0.1) is 45.1 Å². The van der Waals surface area contributed by atoms with Crippen molar-refractivity contribution < 1.29 is 50.7 Å². The molecule has 2 rings (SSSR count). The Morgan fingerprint density at radius 2 is 1.28 bits per heavy atom. The lowest BCUT2D eigenvalue weighted by atomic mass is 9.95. The lowest BCUT2D eigenvalue weighted by Crippen LogP contribution is -2.15. The standard InChI is InChI=1S/C26H23NO11S/c1-34-23(28)12-20(25(30)36-3)18-9-16(10-19(11-18)21(26(31)37-4)13-24(29)35-2)15-39(32,33)38-22-8-6-5-7-17(22)14-27/h5-13H,15H2,1-4H3/b20-12-,21-13-. The van der Waals surface area contributed by atoms with Crippen LogP contribution in [0.4, 0.5) is 0 Å². The molecule has 12 nitrogen and oxygen atoms in total. The molecule has 0 N–H and O–H groups in total. The Balaban J connectivity index is 2.77. The average molecular weight is 558 g/mol. The molecule has 204 valence electrons. The molecular weight excluding hydrogens is 534 g/mol. The maximum atomic E-state index is 12.9. The van der Waals surface area contributed by atoms with Crippen molar-refractivity contribution in [1.82, 2.24) is 0 Å². The Labute approximate surface area is 224 Å². The zero-order valence-electron chi connectivity index (χ0n) is 21.2. The number of ether oxygens (including phenoxy) is 4. The monoisotopic (exact) mass is 557 g/mol. The number of nitrogens with zero attached hydrogens (tertiary/aromatic N) is 1. The second-order valence-corrected chi connectivity index (χ2v) is 9.03. The van der Waals surface area contributed by atoms with Crippen LogP contribution in [0.2, 0.25) is 0 Å². The molecule has 2 aromatic carbocycles. The fourth-order valence-corrected chi connectivity index (χ4v) is 4.23. The molecule has 39 heavy (non-hydrogen) atoms. The van der Waals surface area contributed by atoms with Gasteiger partial charge in [-0.05, 0) is 47.0 Å². The summed E-state index contributed by atoms with van der Waals surface area (Å²) in [7, 11) is -0.154. The van der Waals surface area contributed by atoms with E-state index in [-0.39, 0.29) is 39.1 Å². The van der Waals surface area contributed by atoms with Gasteiger partial charge in [-0.3, -0.25) is 0 Å². The number of nitriles is 1. The summed E-state index contributed by atoms with van der Waals surface area (Å²) in [6, 6.07) is 11.2. The number of carbonyl (C=O) groups is 4. The summed E-state index contributed by atoms with van der Waals surface area (Å²) in [6.07, 6.45) is 1.62. The summed E-state index contributed by atoms with van der Waals surface area (Å²) >= 11 is 0. The number of carbonyl (C=O) groups excluding carboxylic acids is 4. The first-order chi connectivity index (χ1) is 18.5. The number of benzene rings is 2. The molecule has 0 saturated heterocycles. The van der Waals surface area contributed by atoms with Gasteiger partial charge in [-0.1, -0.05) is 12.1 Å². The predicted molar refractivity (Wildman–Crippen MR) is 135 cm³/mol. The van der Waals surface area contributed by atoms with Crippen LogP contribution in [0.5, 0.6) is 5.75 Å². The molecule has 0 amide bonds. The Bertz CT molecular complexity index is 1430. The highest BCUT2D eigenvalue weighted by Gasteiger charge is 2.23. The van der Waals surface area contributed by atoms with Crippen LogP contribution < -0.4 is 4.18 Å². The van der Waals surface area contributed by atoms with E-state index >= 15 is 0 Å². The fraction of sp³-hybridized carbons (Fsp3) is 0.192. The van der Waals surface area contributed by atoms with E-state index in [1.54, 1.807) is 0 Å². The van der Waals surface area contributed by atoms with Gasteiger partial charge in [-0.25, -0.2) is 19.2 Å². The predicted octanol–water partition coefficient (Wildman–Crippen LogP) is 1.93. The highest BCUT2D eigenvalue weighted by molar-refractivity contribution is 7.86. The van der Waals surface area contributed by atoms with Gasteiger partial charge in [0.2, 0.25) is 0 Å². The minimum absolute atomic E-state index is 0.0292. The van der Waals surface area contributed by atoms with Crippen LogP contribution in [0.25, 0.3) is 11.1 Å². The first-order valence-electron chi connectivity index (χ1n) is 10.8. The van der Waals surface area contributed by atoms with Crippen molar-refractivity contribution in [3.8, 4) is 11.8 Å². The molecule has 0 aliphatic carbocycles. The van der Waals surface area contributed by atoms with E-state index in [2.05, 4.69) is 9.47 Å². The van der Waals surface area contributed by atoms with Gasteiger partial charge >= 0.3 is 34.0 Å². The second-order valence-electron chi connectivity index (χ2n) is 7.46. The van der Waals surface area contributed by atoms with Gasteiger partial charge in [0.15, 0.2) is 5.75 Å². The lowest BCUT2D eigenvalue weighted by molar-refractivity contribution is -0.136. The summed E-state index contributed by atoms with van der Waals surface area (Å²) in [5, 5.41) is 9.23. The SMILES string of the molecule is COC(=O)/C=C(\C(=O)OC)c1cc(CS(=O)(=O)Oc2ccccc2C#N)cc(/C(=C/C(=O)OC)C(=O)OC)c1. The molecule has 13 heteroatoms. The molecule has 0 spiro atoms. The maximum Gasteiger partial charge on any atom is 0.338 e. The van der Waals surface area contributed by atoms with Crippen LogP contribution in [0, 0.1) is 11.3 Å². The molecule has 0 saturated carbocycles. The number of esters is 4. The molecule has 0 aliphatic heterocycles. The molecule has 0 bridgehead atoms. The Kier molecular flexibility index (Phi) is 10.5. The maximum absolute atomic E-state index is 12.9. The van der Waals surface area contributed by atoms with Crippen molar-refractivity contribution in [1.29, 1.82) is 5.26 Å². The number of hydrogen-bond acceptors (Lipinski definition) is 12. The molecular formula is C26H23NO11S.